The minimum Gasteiger partial charge on any atom is -0.481 e. The highest BCUT2D eigenvalue weighted by Crippen LogP contribution is 2.06. The van der Waals surface area contributed by atoms with Crippen LogP contribution in [0.4, 0.5) is 0 Å². The highest BCUT2D eigenvalue weighted by atomic mass is 16.5. The van der Waals surface area contributed by atoms with Crippen molar-refractivity contribution in [1.82, 2.24) is 5.32 Å². The number of carboxylic acid groups (broad SMARTS) is 1. The summed E-state index contributed by atoms with van der Waals surface area (Å²) in [7, 11) is 1.57. The first-order valence-corrected chi connectivity index (χ1v) is 4.97. The van der Waals surface area contributed by atoms with Crippen LogP contribution in [0.15, 0.2) is 0 Å². The summed E-state index contributed by atoms with van der Waals surface area (Å²) in [5, 5.41) is 11.2. The van der Waals surface area contributed by atoms with E-state index in [2.05, 4.69) is 5.32 Å². The van der Waals surface area contributed by atoms with E-state index in [-0.39, 0.29) is 30.8 Å². The molecule has 0 aliphatic carbocycles. The molecule has 0 saturated carbocycles. The Morgan fingerprint density at radius 1 is 1.33 bits per heavy atom. The maximum absolute atomic E-state index is 11.3. The van der Waals surface area contributed by atoms with Gasteiger partial charge in [0.2, 0.25) is 5.91 Å². The van der Waals surface area contributed by atoms with Crippen molar-refractivity contribution < 1.29 is 19.4 Å². The van der Waals surface area contributed by atoms with Crippen LogP contribution < -0.4 is 5.32 Å². The van der Waals surface area contributed by atoms with E-state index in [4.69, 9.17) is 9.84 Å². The topological polar surface area (TPSA) is 75.6 Å². The summed E-state index contributed by atoms with van der Waals surface area (Å²) in [5.74, 6) is -1.14. The molecule has 2 unspecified atom stereocenters. The molecule has 0 heterocycles. The normalized spacial score (nSPS) is 14.3. The number of carboxylic acids is 1. The molecule has 0 saturated heterocycles. The Morgan fingerprint density at radius 2 is 1.93 bits per heavy atom. The molecule has 0 aromatic heterocycles. The van der Waals surface area contributed by atoms with Crippen LogP contribution in [-0.2, 0) is 14.3 Å². The number of carbonyl (C=O) groups is 2. The first-order chi connectivity index (χ1) is 6.95. The lowest BCUT2D eigenvalue weighted by Gasteiger charge is -2.12. The van der Waals surface area contributed by atoms with Gasteiger partial charge in [-0.25, -0.2) is 0 Å². The van der Waals surface area contributed by atoms with E-state index in [0.717, 1.165) is 0 Å². The number of nitrogens with one attached hydrogen (secondary N) is 1. The summed E-state index contributed by atoms with van der Waals surface area (Å²) in [6.45, 7) is 4.05. The van der Waals surface area contributed by atoms with Crippen molar-refractivity contribution in [2.24, 2.45) is 5.92 Å². The summed E-state index contributed by atoms with van der Waals surface area (Å²) in [6.07, 6.45) is 0.236. The fourth-order valence-electron chi connectivity index (χ4n) is 1.10. The van der Waals surface area contributed by atoms with Gasteiger partial charge in [0, 0.05) is 26.5 Å². The molecule has 0 aliphatic rings. The van der Waals surface area contributed by atoms with E-state index in [9.17, 15) is 9.59 Å². The van der Waals surface area contributed by atoms with E-state index in [0.29, 0.717) is 6.54 Å². The molecule has 15 heavy (non-hydrogen) atoms. The first-order valence-electron chi connectivity index (χ1n) is 4.97. The monoisotopic (exact) mass is 217 g/mol. The molecular formula is C10H19NO4. The van der Waals surface area contributed by atoms with Crippen LogP contribution in [0.1, 0.15) is 26.7 Å². The van der Waals surface area contributed by atoms with E-state index in [1.165, 1.54) is 0 Å². The second kappa shape index (κ2) is 7.23. The van der Waals surface area contributed by atoms with E-state index < -0.39 is 5.97 Å². The lowest BCUT2D eigenvalue weighted by Crippen LogP contribution is -2.32. The number of hydrogen-bond donors (Lipinski definition) is 2. The fourth-order valence-corrected chi connectivity index (χ4v) is 1.10. The number of ether oxygens (including phenoxy) is 1. The average molecular weight is 217 g/mol. The Morgan fingerprint density at radius 3 is 2.40 bits per heavy atom. The minimum absolute atomic E-state index is 0.0211. The van der Waals surface area contributed by atoms with Crippen molar-refractivity contribution in [2.75, 3.05) is 13.7 Å². The first kappa shape index (κ1) is 13.9. The number of methoxy groups -OCH3 is 1. The summed E-state index contributed by atoms with van der Waals surface area (Å²) in [5.41, 5.74) is 0. The van der Waals surface area contributed by atoms with Gasteiger partial charge >= 0.3 is 5.97 Å². The molecular weight excluding hydrogens is 198 g/mol. The zero-order valence-electron chi connectivity index (χ0n) is 9.45. The molecule has 0 bridgehead atoms. The zero-order valence-corrected chi connectivity index (χ0v) is 9.45. The van der Waals surface area contributed by atoms with Gasteiger partial charge in [0.15, 0.2) is 0 Å². The summed E-state index contributed by atoms with van der Waals surface area (Å²) in [6, 6.07) is 0. The standard InChI is InChI=1S/C10H19NO4/c1-7(5-10(13)14)4-9(12)11-6-8(2)15-3/h7-8H,4-6H2,1-3H3,(H,11,12)(H,13,14). The van der Waals surface area contributed by atoms with Crippen LogP contribution in [0.25, 0.3) is 0 Å². The summed E-state index contributed by atoms with van der Waals surface area (Å²) >= 11 is 0. The van der Waals surface area contributed by atoms with Crippen molar-refractivity contribution in [1.29, 1.82) is 0 Å². The average Bonchev–Trinajstić information content (AvgIpc) is 2.12. The summed E-state index contributed by atoms with van der Waals surface area (Å²) in [4.78, 5) is 21.6. The second-order valence-corrected chi connectivity index (χ2v) is 3.76. The Labute approximate surface area is 89.8 Å². The second-order valence-electron chi connectivity index (χ2n) is 3.76. The molecule has 0 aliphatic heterocycles. The third-order valence-electron chi connectivity index (χ3n) is 2.05. The predicted octanol–water partition coefficient (Wildman–Crippen LogP) is 0.638. The number of rotatable bonds is 7. The molecule has 5 heteroatoms. The molecule has 0 aromatic rings. The van der Waals surface area contributed by atoms with Gasteiger partial charge in [-0.2, -0.15) is 0 Å². The Kier molecular flexibility index (Phi) is 6.70. The lowest BCUT2D eigenvalue weighted by atomic mass is 10.0. The van der Waals surface area contributed by atoms with E-state index in [1.54, 1.807) is 14.0 Å². The Bertz CT molecular complexity index is 217. The van der Waals surface area contributed by atoms with Crippen molar-refractivity contribution >= 4 is 11.9 Å². The molecule has 0 fully saturated rings. The van der Waals surface area contributed by atoms with Crippen LogP contribution >= 0.6 is 0 Å². The number of aliphatic carboxylic acids is 1. The van der Waals surface area contributed by atoms with Crippen molar-refractivity contribution in [3.05, 3.63) is 0 Å². The highest BCUT2D eigenvalue weighted by Gasteiger charge is 2.12. The lowest BCUT2D eigenvalue weighted by molar-refractivity contribution is -0.138. The van der Waals surface area contributed by atoms with Gasteiger partial charge in [-0.3, -0.25) is 9.59 Å². The molecule has 0 rings (SSSR count). The van der Waals surface area contributed by atoms with Crippen LogP contribution in [0, 0.1) is 5.92 Å². The van der Waals surface area contributed by atoms with Crippen LogP contribution in [0.5, 0.6) is 0 Å². The van der Waals surface area contributed by atoms with Gasteiger partial charge in [0.25, 0.3) is 0 Å². The third kappa shape index (κ3) is 7.93. The third-order valence-corrected chi connectivity index (χ3v) is 2.05. The maximum atomic E-state index is 11.3. The van der Waals surface area contributed by atoms with E-state index in [1.807, 2.05) is 6.92 Å². The minimum atomic E-state index is -0.874. The smallest absolute Gasteiger partial charge is 0.303 e. The molecule has 0 aromatic carbocycles. The zero-order chi connectivity index (χ0) is 11.8. The number of hydrogen-bond acceptors (Lipinski definition) is 3. The van der Waals surface area contributed by atoms with Crippen molar-refractivity contribution in [3.8, 4) is 0 Å². The predicted molar refractivity (Wildman–Crippen MR) is 55.5 cm³/mol. The van der Waals surface area contributed by atoms with Crippen molar-refractivity contribution in [3.63, 3.8) is 0 Å². The maximum Gasteiger partial charge on any atom is 0.303 e. The van der Waals surface area contributed by atoms with Crippen LogP contribution in [-0.4, -0.2) is 36.7 Å². The van der Waals surface area contributed by atoms with Crippen LogP contribution in [0.2, 0.25) is 0 Å². The largest absolute Gasteiger partial charge is 0.481 e. The molecule has 0 radical (unpaired) electrons. The molecule has 2 N–H and O–H groups in total. The summed E-state index contributed by atoms with van der Waals surface area (Å²) < 4.78 is 4.96. The van der Waals surface area contributed by atoms with Gasteiger partial charge in [0.05, 0.1) is 6.10 Å². The quantitative estimate of drug-likeness (QED) is 0.656. The van der Waals surface area contributed by atoms with Gasteiger partial charge in [0.1, 0.15) is 0 Å². The van der Waals surface area contributed by atoms with Crippen LogP contribution in [0.3, 0.4) is 0 Å². The molecule has 1 amide bonds. The molecule has 88 valence electrons. The molecule has 0 spiro atoms. The Balaban J connectivity index is 3.69. The number of amides is 1. The SMILES string of the molecule is COC(C)CNC(=O)CC(C)CC(=O)O. The highest BCUT2D eigenvalue weighted by molar-refractivity contribution is 5.77. The Hall–Kier alpha value is -1.10. The van der Waals surface area contributed by atoms with Gasteiger partial charge in [-0.1, -0.05) is 6.92 Å². The van der Waals surface area contributed by atoms with Crippen molar-refractivity contribution in [2.45, 2.75) is 32.8 Å². The van der Waals surface area contributed by atoms with Gasteiger partial charge in [-0.05, 0) is 12.8 Å². The van der Waals surface area contributed by atoms with E-state index >= 15 is 0 Å². The molecule has 2 atom stereocenters. The number of carbonyl (C=O) groups excluding carboxylic acids is 1. The fraction of sp³-hybridized carbons (Fsp3) is 0.800. The van der Waals surface area contributed by atoms with Gasteiger partial charge < -0.3 is 15.2 Å². The van der Waals surface area contributed by atoms with Gasteiger partial charge in [-0.15, -0.1) is 0 Å². The molecule has 5 nitrogen and oxygen atoms in total.